The van der Waals surface area contributed by atoms with Gasteiger partial charge in [-0.2, -0.15) is 0 Å². The first kappa shape index (κ1) is 19.2. The molecule has 22 heavy (non-hydrogen) atoms. The van der Waals surface area contributed by atoms with Gasteiger partial charge in [-0.15, -0.1) is 0 Å². The molecular formula is C14H29N3O4S. The van der Waals surface area contributed by atoms with Gasteiger partial charge in [0.05, 0.1) is 6.26 Å². The molecule has 1 fully saturated rings. The Hall–Kier alpha value is -0.860. The Morgan fingerprint density at radius 3 is 2.55 bits per heavy atom. The van der Waals surface area contributed by atoms with E-state index < -0.39 is 15.6 Å². The van der Waals surface area contributed by atoms with Crippen LogP contribution < -0.4 is 10.0 Å². The van der Waals surface area contributed by atoms with Crippen LogP contribution in [0.15, 0.2) is 0 Å². The summed E-state index contributed by atoms with van der Waals surface area (Å²) in [5.41, 5.74) is -0.494. The van der Waals surface area contributed by atoms with E-state index in [1.807, 2.05) is 20.8 Å². The first-order valence-electron chi connectivity index (χ1n) is 7.73. The van der Waals surface area contributed by atoms with Crippen LogP contribution >= 0.6 is 0 Å². The minimum atomic E-state index is -3.15. The van der Waals surface area contributed by atoms with Crippen molar-refractivity contribution < 1.29 is 17.9 Å². The van der Waals surface area contributed by atoms with E-state index in [9.17, 15) is 13.2 Å². The fourth-order valence-corrected chi connectivity index (χ4v) is 2.84. The Bertz CT molecular complexity index is 459. The van der Waals surface area contributed by atoms with Gasteiger partial charge in [0.25, 0.3) is 0 Å². The topological polar surface area (TPSA) is 87.7 Å². The third kappa shape index (κ3) is 7.95. The normalized spacial score (nSPS) is 20.0. The van der Waals surface area contributed by atoms with Gasteiger partial charge >= 0.3 is 6.09 Å². The largest absolute Gasteiger partial charge is 0.444 e. The molecule has 7 nitrogen and oxygen atoms in total. The summed E-state index contributed by atoms with van der Waals surface area (Å²) in [6, 6.07) is 0.0989. The molecule has 0 radical (unpaired) electrons. The van der Waals surface area contributed by atoms with Crippen molar-refractivity contribution in [3.63, 3.8) is 0 Å². The number of hydrogen-bond donors (Lipinski definition) is 2. The number of amides is 1. The Morgan fingerprint density at radius 2 is 1.95 bits per heavy atom. The van der Waals surface area contributed by atoms with Crippen LogP contribution in [0.4, 0.5) is 4.79 Å². The number of carbonyl (C=O) groups is 1. The van der Waals surface area contributed by atoms with Crippen molar-refractivity contribution in [2.75, 3.05) is 32.4 Å². The quantitative estimate of drug-likeness (QED) is 0.705. The number of nitrogens with one attached hydrogen (secondary N) is 2. The first-order chi connectivity index (χ1) is 10.1. The van der Waals surface area contributed by atoms with Gasteiger partial charge in [0.2, 0.25) is 10.0 Å². The van der Waals surface area contributed by atoms with Crippen LogP contribution in [-0.4, -0.2) is 63.5 Å². The van der Waals surface area contributed by atoms with Crippen LogP contribution in [0, 0.1) is 0 Å². The van der Waals surface area contributed by atoms with Crippen LogP contribution in [-0.2, 0) is 14.8 Å². The third-order valence-electron chi connectivity index (χ3n) is 3.30. The van der Waals surface area contributed by atoms with Gasteiger partial charge in [-0.3, -0.25) is 0 Å². The molecule has 1 heterocycles. The molecule has 0 aromatic rings. The molecule has 1 aliphatic rings. The van der Waals surface area contributed by atoms with Crippen LogP contribution in [0.2, 0.25) is 0 Å². The summed E-state index contributed by atoms with van der Waals surface area (Å²) < 4.78 is 29.8. The van der Waals surface area contributed by atoms with Gasteiger partial charge in [-0.25, -0.2) is 17.9 Å². The number of nitrogens with zero attached hydrogens (tertiary/aromatic N) is 1. The maximum atomic E-state index is 12.2. The number of carbonyl (C=O) groups excluding carboxylic acids is 1. The van der Waals surface area contributed by atoms with Crippen molar-refractivity contribution in [1.29, 1.82) is 0 Å². The lowest BCUT2D eigenvalue weighted by molar-refractivity contribution is 0.0100. The zero-order valence-electron chi connectivity index (χ0n) is 14.0. The summed E-state index contributed by atoms with van der Waals surface area (Å²) >= 11 is 0. The van der Waals surface area contributed by atoms with Gasteiger partial charge in [0.1, 0.15) is 5.60 Å². The SMILES string of the molecule is CC(C)(C)OC(=O)N1CCCCC1CNCCNS(C)(=O)=O. The molecule has 0 aliphatic carbocycles. The zero-order chi connectivity index (χ0) is 16.8. The van der Waals surface area contributed by atoms with Gasteiger partial charge < -0.3 is 15.0 Å². The van der Waals surface area contributed by atoms with E-state index >= 15 is 0 Å². The van der Waals surface area contributed by atoms with E-state index in [1.165, 1.54) is 0 Å². The Balaban J connectivity index is 2.40. The second-order valence-electron chi connectivity index (χ2n) is 6.69. The van der Waals surface area contributed by atoms with Crippen molar-refractivity contribution in [3.05, 3.63) is 0 Å². The van der Waals surface area contributed by atoms with Crippen molar-refractivity contribution >= 4 is 16.1 Å². The van der Waals surface area contributed by atoms with E-state index in [1.54, 1.807) is 4.90 Å². The maximum absolute atomic E-state index is 12.2. The summed E-state index contributed by atoms with van der Waals surface area (Å²) in [6.45, 7) is 7.81. The smallest absolute Gasteiger partial charge is 0.410 e. The predicted octanol–water partition coefficient (Wildman–Crippen LogP) is 0.915. The number of rotatable bonds is 6. The minimum absolute atomic E-state index is 0.0989. The number of sulfonamides is 1. The lowest BCUT2D eigenvalue weighted by atomic mass is 10.0. The fourth-order valence-electron chi connectivity index (χ4n) is 2.37. The number of hydrogen-bond acceptors (Lipinski definition) is 5. The molecular weight excluding hydrogens is 306 g/mol. The standard InChI is InChI=1S/C14H29N3O4S/c1-14(2,3)21-13(18)17-10-6-5-7-12(17)11-15-8-9-16-22(4,19)20/h12,15-16H,5-11H2,1-4H3. The summed E-state index contributed by atoms with van der Waals surface area (Å²) in [5, 5.41) is 3.20. The average Bonchev–Trinajstić information content (AvgIpc) is 2.35. The summed E-state index contributed by atoms with van der Waals surface area (Å²) in [5.74, 6) is 0. The highest BCUT2D eigenvalue weighted by molar-refractivity contribution is 7.88. The van der Waals surface area contributed by atoms with Gasteiger partial charge in [0, 0.05) is 32.2 Å². The third-order valence-corrected chi connectivity index (χ3v) is 4.03. The second-order valence-corrected chi connectivity index (χ2v) is 8.53. The number of piperidine rings is 1. The molecule has 1 aliphatic heterocycles. The van der Waals surface area contributed by atoms with Crippen molar-refractivity contribution in [1.82, 2.24) is 14.9 Å². The lowest BCUT2D eigenvalue weighted by Crippen LogP contribution is -2.50. The van der Waals surface area contributed by atoms with Gasteiger partial charge in [-0.1, -0.05) is 0 Å². The maximum Gasteiger partial charge on any atom is 0.410 e. The molecule has 0 aromatic heterocycles. The van der Waals surface area contributed by atoms with E-state index in [0.29, 0.717) is 26.2 Å². The second kappa shape index (κ2) is 8.12. The summed E-state index contributed by atoms with van der Waals surface area (Å²) in [4.78, 5) is 14.0. The number of likely N-dealkylation sites (tertiary alicyclic amines) is 1. The molecule has 1 saturated heterocycles. The van der Waals surface area contributed by atoms with E-state index in [0.717, 1.165) is 25.5 Å². The Labute approximate surface area is 133 Å². The average molecular weight is 335 g/mol. The van der Waals surface area contributed by atoms with Crippen LogP contribution in [0.25, 0.3) is 0 Å². The molecule has 0 bridgehead atoms. The van der Waals surface area contributed by atoms with E-state index in [4.69, 9.17) is 4.74 Å². The molecule has 8 heteroatoms. The summed E-state index contributed by atoms with van der Waals surface area (Å²) in [6.07, 6.45) is 3.89. The Kier molecular flexibility index (Phi) is 7.08. The predicted molar refractivity (Wildman–Crippen MR) is 86.3 cm³/mol. The van der Waals surface area contributed by atoms with E-state index in [-0.39, 0.29) is 12.1 Å². The first-order valence-corrected chi connectivity index (χ1v) is 9.62. The zero-order valence-corrected chi connectivity index (χ0v) is 14.8. The van der Waals surface area contributed by atoms with Gasteiger partial charge in [0.15, 0.2) is 0 Å². The highest BCUT2D eigenvalue weighted by atomic mass is 32.2. The fraction of sp³-hybridized carbons (Fsp3) is 0.929. The van der Waals surface area contributed by atoms with Crippen molar-refractivity contribution in [2.45, 2.75) is 51.7 Å². The van der Waals surface area contributed by atoms with Crippen LogP contribution in [0.5, 0.6) is 0 Å². The Morgan fingerprint density at radius 1 is 1.27 bits per heavy atom. The minimum Gasteiger partial charge on any atom is -0.444 e. The lowest BCUT2D eigenvalue weighted by Gasteiger charge is -2.36. The van der Waals surface area contributed by atoms with Crippen LogP contribution in [0.1, 0.15) is 40.0 Å². The molecule has 130 valence electrons. The van der Waals surface area contributed by atoms with Gasteiger partial charge in [-0.05, 0) is 40.0 Å². The van der Waals surface area contributed by atoms with Crippen molar-refractivity contribution in [3.8, 4) is 0 Å². The van der Waals surface area contributed by atoms with E-state index in [2.05, 4.69) is 10.0 Å². The molecule has 0 aromatic carbocycles. The monoisotopic (exact) mass is 335 g/mol. The highest BCUT2D eigenvalue weighted by Crippen LogP contribution is 2.19. The molecule has 2 N–H and O–H groups in total. The number of ether oxygens (including phenoxy) is 1. The molecule has 0 saturated carbocycles. The molecule has 0 spiro atoms. The molecule has 1 amide bonds. The molecule has 1 unspecified atom stereocenters. The van der Waals surface area contributed by atoms with Crippen molar-refractivity contribution in [2.24, 2.45) is 0 Å². The summed E-state index contributed by atoms with van der Waals surface area (Å²) in [7, 11) is -3.15. The molecule has 1 rings (SSSR count). The highest BCUT2D eigenvalue weighted by Gasteiger charge is 2.30. The van der Waals surface area contributed by atoms with Crippen LogP contribution in [0.3, 0.4) is 0 Å². The molecule has 1 atom stereocenters.